The predicted octanol–water partition coefficient (Wildman–Crippen LogP) is 5.47. The summed E-state index contributed by atoms with van der Waals surface area (Å²) in [5, 5.41) is 17.3. The molecule has 0 heterocycles. The molecule has 1 N–H and O–H groups in total. The highest BCUT2D eigenvalue weighted by Gasteiger charge is 2.13. The lowest BCUT2D eigenvalue weighted by Gasteiger charge is -2.14. The summed E-state index contributed by atoms with van der Waals surface area (Å²) < 4.78 is 0. The molecule has 0 unspecified atom stereocenters. The highest BCUT2D eigenvalue weighted by atomic mass is 16.3. The van der Waals surface area contributed by atoms with E-state index in [0.717, 1.165) is 16.2 Å². The molecule has 0 aliphatic carbocycles. The van der Waals surface area contributed by atoms with Gasteiger partial charge >= 0.3 is 0 Å². The van der Waals surface area contributed by atoms with E-state index in [2.05, 4.69) is 44.2 Å². The lowest BCUT2D eigenvalue weighted by Crippen LogP contribution is -1.88. The molecule has 4 aromatic carbocycles. The molecule has 0 atom stereocenters. The molecule has 0 aliphatic heterocycles. The van der Waals surface area contributed by atoms with Crippen molar-refractivity contribution in [1.29, 1.82) is 0 Å². The van der Waals surface area contributed by atoms with Crippen molar-refractivity contribution in [2.75, 3.05) is 0 Å². The smallest absolute Gasteiger partial charge is 0.131 e. The largest absolute Gasteiger partial charge is 0.507 e. The molecule has 0 saturated heterocycles. The van der Waals surface area contributed by atoms with Gasteiger partial charge in [-0.25, -0.2) is 0 Å². The molecule has 0 fully saturated rings. The van der Waals surface area contributed by atoms with Crippen molar-refractivity contribution in [2.24, 2.45) is 0 Å². The van der Waals surface area contributed by atoms with Gasteiger partial charge in [-0.1, -0.05) is 48.5 Å². The van der Waals surface area contributed by atoms with Gasteiger partial charge in [-0.3, -0.25) is 0 Å². The van der Waals surface area contributed by atoms with Gasteiger partial charge in [0.15, 0.2) is 0 Å². The molecule has 0 aliphatic rings. The SMILES string of the molecule is Cc1cccc2ccc3c(O)c4ccccc4c(C)c3c12. The Labute approximate surface area is 123 Å². The number of hydrogen-bond acceptors (Lipinski definition) is 1. The number of aromatic hydroxyl groups is 1. The van der Waals surface area contributed by atoms with Crippen LogP contribution in [0.4, 0.5) is 0 Å². The molecule has 0 aromatic heterocycles. The summed E-state index contributed by atoms with van der Waals surface area (Å²) in [6.07, 6.45) is 0. The Kier molecular flexibility index (Phi) is 2.46. The summed E-state index contributed by atoms with van der Waals surface area (Å²) in [7, 11) is 0. The third-order valence-electron chi connectivity index (χ3n) is 4.47. The molecule has 0 spiro atoms. The predicted molar refractivity (Wildman–Crippen MR) is 90.1 cm³/mol. The first kappa shape index (κ1) is 12.2. The lowest BCUT2D eigenvalue weighted by atomic mass is 9.91. The normalized spacial score (nSPS) is 11.5. The van der Waals surface area contributed by atoms with Crippen LogP contribution in [0.1, 0.15) is 11.1 Å². The summed E-state index contributed by atoms with van der Waals surface area (Å²) in [6.45, 7) is 4.28. The minimum absolute atomic E-state index is 0.386. The first-order chi connectivity index (χ1) is 10.2. The van der Waals surface area contributed by atoms with E-state index < -0.39 is 0 Å². The maximum atomic E-state index is 10.7. The second kappa shape index (κ2) is 4.23. The number of rotatable bonds is 0. The third kappa shape index (κ3) is 1.58. The molecule has 0 saturated carbocycles. The van der Waals surface area contributed by atoms with E-state index in [-0.39, 0.29) is 0 Å². The van der Waals surface area contributed by atoms with Gasteiger partial charge < -0.3 is 5.11 Å². The summed E-state index contributed by atoms with van der Waals surface area (Å²) >= 11 is 0. The Morgan fingerprint density at radius 1 is 0.667 bits per heavy atom. The number of phenolic OH excluding ortho intramolecular Hbond substituents is 1. The van der Waals surface area contributed by atoms with Gasteiger partial charge in [-0.05, 0) is 52.6 Å². The Hall–Kier alpha value is -2.54. The van der Waals surface area contributed by atoms with Crippen molar-refractivity contribution < 1.29 is 5.11 Å². The fourth-order valence-electron chi connectivity index (χ4n) is 3.45. The molecule has 4 aromatic rings. The molecule has 0 bridgehead atoms. The van der Waals surface area contributed by atoms with Crippen LogP contribution < -0.4 is 0 Å². The van der Waals surface area contributed by atoms with Crippen LogP contribution in [-0.2, 0) is 0 Å². The van der Waals surface area contributed by atoms with Crippen LogP contribution in [0, 0.1) is 13.8 Å². The Balaban J connectivity index is 2.40. The molecule has 0 amide bonds. The lowest BCUT2D eigenvalue weighted by molar-refractivity contribution is 0.488. The molecular weight excluding hydrogens is 256 g/mol. The molecule has 1 heteroatoms. The summed E-state index contributed by atoms with van der Waals surface area (Å²) in [6, 6.07) is 18.5. The van der Waals surface area contributed by atoms with Gasteiger partial charge in [-0.15, -0.1) is 0 Å². The third-order valence-corrected chi connectivity index (χ3v) is 4.47. The van der Waals surface area contributed by atoms with Crippen molar-refractivity contribution in [3.05, 3.63) is 65.7 Å². The highest BCUT2D eigenvalue weighted by Crippen LogP contribution is 2.41. The van der Waals surface area contributed by atoms with E-state index in [1.807, 2.05) is 24.3 Å². The molecular formula is C20H16O. The molecule has 0 radical (unpaired) electrons. The van der Waals surface area contributed by atoms with Crippen LogP contribution in [0.2, 0.25) is 0 Å². The van der Waals surface area contributed by atoms with E-state index in [1.165, 1.54) is 27.3 Å². The Bertz CT molecular complexity index is 1010. The van der Waals surface area contributed by atoms with Crippen LogP contribution >= 0.6 is 0 Å². The van der Waals surface area contributed by atoms with Crippen LogP contribution in [0.15, 0.2) is 54.6 Å². The zero-order valence-corrected chi connectivity index (χ0v) is 12.1. The fourth-order valence-corrected chi connectivity index (χ4v) is 3.45. The maximum absolute atomic E-state index is 10.7. The van der Waals surface area contributed by atoms with Crippen molar-refractivity contribution in [1.82, 2.24) is 0 Å². The highest BCUT2D eigenvalue weighted by molar-refractivity contribution is 6.18. The summed E-state index contributed by atoms with van der Waals surface area (Å²) in [5.41, 5.74) is 2.48. The maximum Gasteiger partial charge on any atom is 0.131 e. The topological polar surface area (TPSA) is 20.2 Å². The minimum Gasteiger partial charge on any atom is -0.507 e. The standard InChI is InChI=1S/C20H16O/c1-12-6-5-7-14-10-11-17-19(18(12)14)13(2)15-8-3-4-9-16(15)20(17)21/h3-11,21H,1-2H3. The first-order valence-corrected chi connectivity index (χ1v) is 7.21. The van der Waals surface area contributed by atoms with E-state index in [9.17, 15) is 5.11 Å². The fraction of sp³-hybridized carbons (Fsp3) is 0.100. The Morgan fingerprint density at radius 2 is 1.43 bits per heavy atom. The quantitative estimate of drug-likeness (QED) is 0.332. The van der Waals surface area contributed by atoms with Crippen molar-refractivity contribution in [3.8, 4) is 5.75 Å². The van der Waals surface area contributed by atoms with Crippen molar-refractivity contribution >= 4 is 32.3 Å². The number of phenols is 1. The van der Waals surface area contributed by atoms with E-state index in [4.69, 9.17) is 0 Å². The monoisotopic (exact) mass is 272 g/mol. The van der Waals surface area contributed by atoms with E-state index >= 15 is 0 Å². The van der Waals surface area contributed by atoms with Gasteiger partial charge in [0, 0.05) is 10.8 Å². The van der Waals surface area contributed by atoms with Crippen LogP contribution in [-0.4, -0.2) is 5.11 Å². The van der Waals surface area contributed by atoms with Gasteiger partial charge in [0.2, 0.25) is 0 Å². The number of fused-ring (bicyclic) bond motifs is 4. The van der Waals surface area contributed by atoms with E-state index in [1.54, 1.807) is 0 Å². The van der Waals surface area contributed by atoms with E-state index in [0.29, 0.717) is 5.75 Å². The Morgan fingerprint density at radius 3 is 2.24 bits per heavy atom. The van der Waals surface area contributed by atoms with Gasteiger partial charge in [0.1, 0.15) is 5.75 Å². The second-order valence-electron chi connectivity index (χ2n) is 5.68. The van der Waals surface area contributed by atoms with Gasteiger partial charge in [0.25, 0.3) is 0 Å². The first-order valence-electron chi connectivity index (χ1n) is 7.21. The molecule has 4 rings (SSSR count). The van der Waals surface area contributed by atoms with Crippen LogP contribution in [0.5, 0.6) is 5.75 Å². The average molecular weight is 272 g/mol. The average Bonchev–Trinajstić information content (AvgIpc) is 2.52. The van der Waals surface area contributed by atoms with Gasteiger partial charge in [0.05, 0.1) is 0 Å². The second-order valence-corrected chi connectivity index (χ2v) is 5.68. The van der Waals surface area contributed by atoms with Crippen LogP contribution in [0.25, 0.3) is 32.3 Å². The zero-order valence-electron chi connectivity index (χ0n) is 12.1. The molecule has 21 heavy (non-hydrogen) atoms. The van der Waals surface area contributed by atoms with Crippen molar-refractivity contribution in [3.63, 3.8) is 0 Å². The van der Waals surface area contributed by atoms with Gasteiger partial charge in [-0.2, -0.15) is 0 Å². The zero-order chi connectivity index (χ0) is 14.6. The number of benzene rings is 4. The number of hydrogen-bond donors (Lipinski definition) is 1. The number of aryl methyl sites for hydroxylation is 2. The summed E-state index contributed by atoms with van der Waals surface area (Å²) in [4.78, 5) is 0. The molecule has 102 valence electrons. The minimum atomic E-state index is 0.386. The van der Waals surface area contributed by atoms with Crippen molar-refractivity contribution in [2.45, 2.75) is 13.8 Å². The molecule has 1 nitrogen and oxygen atoms in total. The van der Waals surface area contributed by atoms with Crippen LogP contribution in [0.3, 0.4) is 0 Å². The summed E-state index contributed by atoms with van der Waals surface area (Å²) in [5.74, 6) is 0.386.